The maximum atomic E-state index is 12.6. The van der Waals surface area contributed by atoms with Gasteiger partial charge < -0.3 is 4.74 Å². The summed E-state index contributed by atoms with van der Waals surface area (Å²) in [6.45, 7) is 4.86. The molecule has 2 aromatic rings. The zero-order valence-electron chi connectivity index (χ0n) is 16.2. The number of aryl methyl sites for hydroxylation is 2. The van der Waals surface area contributed by atoms with Crippen molar-refractivity contribution in [3.63, 3.8) is 0 Å². The van der Waals surface area contributed by atoms with Gasteiger partial charge in [0.25, 0.3) is 5.91 Å². The number of nitrogens with zero attached hydrogens (tertiary/aromatic N) is 1. The molecule has 0 fully saturated rings. The molecule has 0 saturated heterocycles. The van der Waals surface area contributed by atoms with Crippen LogP contribution in [0, 0.1) is 13.8 Å². The lowest BCUT2D eigenvalue weighted by Crippen LogP contribution is -2.40. The smallest absolute Gasteiger partial charge is 0.422 e. The largest absolute Gasteiger partial charge is 0.484 e. The fourth-order valence-corrected chi connectivity index (χ4v) is 3.63. The predicted molar refractivity (Wildman–Crippen MR) is 104 cm³/mol. The molecule has 0 unspecified atom stereocenters. The monoisotopic (exact) mass is 412 g/mol. The van der Waals surface area contributed by atoms with E-state index in [9.17, 15) is 18.0 Å². The minimum atomic E-state index is -4.38. The molecular formula is C20H23F3N2O2S. The van der Waals surface area contributed by atoms with E-state index in [0.29, 0.717) is 12.1 Å². The standard InChI is InChI=1S/C20H23F3N2O2S/c1-5-25(24-4)19(26)17-9-14(3)18(10-13(17)2)28-16-8-6-7-15(11-16)27-12-20(21,22)23/h6-11,24H,5,12H2,1-4H3. The first-order chi connectivity index (χ1) is 13.1. The summed E-state index contributed by atoms with van der Waals surface area (Å²) < 4.78 is 41.8. The molecule has 8 heteroatoms. The molecule has 28 heavy (non-hydrogen) atoms. The summed E-state index contributed by atoms with van der Waals surface area (Å²) in [5, 5.41) is 1.52. The minimum Gasteiger partial charge on any atom is -0.484 e. The second-order valence-electron chi connectivity index (χ2n) is 6.19. The lowest BCUT2D eigenvalue weighted by molar-refractivity contribution is -0.153. The molecular weight excluding hydrogens is 389 g/mol. The first-order valence-corrected chi connectivity index (χ1v) is 9.54. The van der Waals surface area contributed by atoms with Crippen molar-refractivity contribution in [3.05, 3.63) is 53.1 Å². The van der Waals surface area contributed by atoms with Crippen LogP contribution in [0.1, 0.15) is 28.4 Å². The third kappa shape index (κ3) is 5.90. The molecule has 0 aromatic heterocycles. The zero-order chi connectivity index (χ0) is 20.9. The fourth-order valence-electron chi connectivity index (χ4n) is 2.60. The molecule has 0 bridgehead atoms. The Morgan fingerprint density at radius 2 is 1.89 bits per heavy atom. The molecule has 2 rings (SSSR count). The summed E-state index contributed by atoms with van der Waals surface area (Å²) >= 11 is 1.41. The fraction of sp³-hybridized carbons (Fsp3) is 0.350. The predicted octanol–water partition coefficient (Wildman–Crippen LogP) is 4.99. The molecule has 0 atom stereocenters. The molecule has 2 aromatic carbocycles. The Balaban J connectivity index is 2.21. The van der Waals surface area contributed by atoms with Crippen LogP contribution in [-0.4, -0.2) is 37.3 Å². The van der Waals surface area contributed by atoms with Crippen LogP contribution in [0.25, 0.3) is 0 Å². The lowest BCUT2D eigenvalue weighted by Gasteiger charge is -2.21. The maximum Gasteiger partial charge on any atom is 0.422 e. The molecule has 1 N–H and O–H groups in total. The van der Waals surface area contributed by atoms with Crippen LogP contribution in [-0.2, 0) is 0 Å². The van der Waals surface area contributed by atoms with Crippen LogP contribution in [0.4, 0.5) is 13.2 Å². The van der Waals surface area contributed by atoms with Gasteiger partial charge in [-0.05, 0) is 62.2 Å². The van der Waals surface area contributed by atoms with E-state index in [1.165, 1.54) is 22.8 Å². The Bertz CT molecular complexity index is 837. The first-order valence-electron chi connectivity index (χ1n) is 8.72. The van der Waals surface area contributed by atoms with Gasteiger partial charge in [-0.3, -0.25) is 9.80 Å². The Morgan fingerprint density at radius 1 is 1.18 bits per heavy atom. The SMILES string of the molecule is CCN(NC)C(=O)c1cc(C)c(Sc2cccc(OCC(F)(F)F)c2)cc1C. The van der Waals surface area contributed by atoms with Crippen molar-refractivity contribution in [3.8, 4) is 5.75 Å². The van der Waals surface area contributed by atoms with Gasteiger partial charge in [0.15, 0.2) is 6.61 Å². The highest BCUT2D eigenvalue weighted by molar-refractivity contribution is 7.99. The van der Waals surface area contributed by atoms with Crippen molar-refractivity contribution in [1.29, 1.82) is 0 Å². The number of hydrogen-bond donors (Lipinski definition) is 1. The Kier molecular flexibility index (Phi) is 7.37. The molecule has 1 amide bonds. The van der Waals surface area contributed by atoms with E-state index >= 15 is 0 Å². The van der Waals surface area contributed by atoms with Gasteiger partial charge in [-0.1, -0.05) is 17.8 Å². The van der Waals surface area contributed by atoms with Gasteiger partial charge in [-0.15, -0.1) is 0 Å². The summed E-state index contributed by atoms with van der Waals surface area (Å²) in [5.41, 5.74) is 5.22. The van der Waals surface area contributed by atoms with Gasteiger partial charge in [0.2, 0.25) is 0 Å². The van der Waals surface area contributed by atoms with Crippen LogP contribution in [0.3, 0.4) is 0 Å². The van der Waals surface area contributed by atoms with Gasteiger partial charge in [0.1, 0.15) is 5.75 Å². The Labute approximate surface area is 167 Å². The average molecular weight is 412 g/mol. The second-order valence-corrected chi connectivity index (χ2v) is 7.30. The molecule has 4 nitrogen and oxygen atoms in total. The van der Waals surface area contributed by atoms with Crippen molar-refractivity contribution in [2.75, 3.05) is 20.2 Å². The molecule has 0 radical (unpaired) electrons. The van der Waals surface area contributed by atoms with Crippen LogP contribution in [0.15, 0.2) is 46.2 Å². The van der Waals surface area contributed by atoms with E-state index in [0.717, 1.165) is 20.9 Å². The number of ether oxygens (including phenoxy) is 1. The second kappa shape index (κ2) is 9.34. The Morgan fingerprint density at radius 3 is 2.50 bits per heavy atom. The number of nitrogens with one attached hydrogen (secondary N) is 1. The lowest BCUT2D eigenvalue weighted by atomic mass is 10.0. The van der Waals surface area contributed by atoms with E-state index in [1.54, 1.807) is 25.2 Å². The number of amides is 1. The summed E-state index contributed by atoms with van der Waals surface area (Å²) in [6, 6.07) is 10.3. The van der Waals surface area contributed by atoms with Crippen molar-refractivity contribution in [2.45, 2.75) is 36.7 Å². The highest BCUT2D eigenvalue weighted by atomic mass is 32.2. The van der Waals surface area contributed by atoms with E-state index in [-0.39, 0.29) is 11.7 Å². The quantitative estimate of drug-likeness (QED) is 0.651. The van der Waals surface area contributed by atoms with Crippen LogP contribution in [0.2, 0.25) is 0 Å². The van der Waals surface area contributed by atoms with Crippen molar-refractivity contribution < 1.29 is 22.7 Å². The molecule has 0 saturated carbocycles. The van der Waals surface area contributed by atoms with Crippen molar-refractivity contribution in [1.82, 2.24) is 10.4 Å². The summed E-state index contributed by atoms with van der Waals surface area (Å²) in [4.78, 5) is 14.3. The van der Waals surface area contributed by atoms with E-state index in [4.69, 9.17) is 4.74 Å². The molecule has 0 aliphatic rings. The van der Waals surface area contributed by atoms with Gasteiger partial charge >= 0.3 is 6.18 Å². The van der Waals surface area contributed by atoms with E-state index in [1.807, 2.05) is 32.9 Å². The third-order valence-electron chi connectivity index (χ3n) is 4.02. The summed E-state index contributed by atoms with van der Waals surface area (Å²) in [5.74, 6) is 0.0563. The molecule has 0 aliphatic carbocycles. The normalized spacial score (nSPS) is 11.4. The number of alkyl halides is 3. The number of carbonyl (C=O) groups is 1. The van der Waals surface area contributed by atoms with E-state index < -0.39 is 12.8 Å². The highest BCUT2D eigenvalue weighted by Crippen LogP contribution is 2.34. The number of benzene rings is 2. The first kappa shape index (κ1) is 22.1. The third-order valence-corrected chi connectivity index (χ3v) is 5.17. The number of rotatable bonds is 7. The summed E-state index contributed by atoms with van der Waals surface area (Å²) in [7, 11) is 1.70. The molecule has 152 valence electrons. The minimum absolute atomic E-state index is 0.107. The van der Waals surface area contributed by atoms with Gasteiger partial charge in [-0.2, -0.15) is 13.2 Å². The van der Waals surface area contributed by atoms with Gasteiger partial charge in [0, 0.05) is 28.9 Å². The van der Waals surface area contributed by atoms with Crippen molar-refractivity contribution >= 4 is 17.7 Å². The molecule has 0 heterocycles. The topological polar surface area (TPSA) is 41.6 Å². The average Bonchev–Trinajstić information content (AvgIpc) is 2.63. The maximum absolute atomic E-state index is 12.6. The molecule has 0 spiro atoms. The van der Waals surface area contributed by atoms with E-state index in [2.05, 4.69) is 5.43 Å². The van der Waals surface area contributed by atoms with Gasteiger partial charge in [-0.25, -0.2) is 5.43 Å². The van der Waals surface area contributed by atoms with Crippen LogP contribution < -0.4 is 10.2 Å². The van der Waals surface area contributed by atoms with Crippen molar-refractivity contribution in [2.24, 2.45) is 0 Å². The summed E-state index contributed by atoms with van der Waals surface area (Å²) in [6.07, 6.45) is -4.38. The van der Waals surface area contributed by atoms with Crippen LogP contribution in [0.5, 0.6) is 5.75 Å². The number of halogens is 3. The number of hydrogen-bond acceptors (Lipinski definition) is 4. The highest BCUT2D eigenvalue weighted by Gasteiger charge is 2.28. The number of hydrazine groups is 1. The van der Waals surface area contributed by atoms with Gasteiger partial charge in [0.05, 0.1) is 0 Å². The number of carbonyl (C=O) groups excluding carboxylic acids is 1. The molecule has 0 aliphatic heterocycles. The van der Waals surface area contributed by atoms with Crippen LogP contribution >= 0.6 is 11.8 Å². The zero-order valence-corrected chi connectivity index (χ0v) is 17.0. The Hall–Kier alpha value is -2.19.